The summed E-state index contributed by atoms with van der Waals surface area (Å²) in [6.07, 6.45) is 0. The van der Waals surface area contributed by atoms with E-state index >= 15 is 0 Å². The Morgan fingerprint density at radius 2 is 1.79 bits per heavy atom. The minimum absolute atomic E-state index is 0.0269. The number of nitrogens with one attached hydrogen (secondary N) is 1. The Labute approximate surface area is 165 Å². The van der Waals surface area contributed by atoms with Crippen LogP contribution < -0.4 is 9.46 Å². The molecule has 146 valence electrons. The highest BCUT2D eigenvalue weighted by Gasteiger charge is 2.20. The van der Waals surface area contributed by atoms with Crippen LogP contribution in [-0.2, 0) is 14.8 Å². The number of hydrogen-bond acceptors (Lipinski definition) is 6. The lowest BCUT2D eigenvalue weighted by atomic mass is 10.2. The number of esters is 1. The summed E-state index contributed by atoms with van der Waals surface area (Å²) >= 11 is 1.11. The summed E-state index contributed by atoms with van der Waals surface area (Å²) in [4.78, 5) is 12.0. The second kappa shape index (κ2) is 7.99. The van der Waals surface area contributed by atoms with Crippen LogP contribution >= 0.6 is 11.3 Å². The molecule has 1 aromatic heterocycles. The molecule has 0 spiro atoms. The summed E-state index contributed by atoms with van der Waals surface area (Å²) in [7, 11) is -2.72. The van der Waals surface area contributed by atoms with Gasteiger partial charge >= 0.3 is 5.97 Å². The van der Waals surface area contributed by atoms with Crippen LogP contribution in [0.2, 0.25) is 0 Å². The van der Waals surface area contributed by atoms with Crippen molar-refractivity contribution in [1.29, 1.82) is 0 Å². The van der Waals surface area contributed by atoms with Gasteiger partial charge in [0.2, 0.25) is 0 Å². The number of thiophene rings is 1. The molecule has 6 nitrogen and oxygen atoms in total. The molecule has 0 radical (unpaired) electrons. The first-order chi connectivity index (χ1) is 13.3. The lowest BCUT2D eigenvalue weighted by molar-refractivity contribution is 0.0603. The summed E-state index contributed by atoms with van der Waals surface area (Å²) in [6, 6.07) is 11.2. The predicted octanol–water partition coefficient (Wildman–Crippen LogP) is 4.58. The van der Waals surface area contributed by atoms with E-state index in [-0.39, 0.29) is 27.0 Å². The molecule has 0 aliphatic rings. The molecule has 0 saturated carbocycles. The lowest BCUT2D eigenvalue weighted by Crippen LogP contribution is -2.13. The molecule has 3 rings (SSSR count). The highest BCUT2D eigenvalue weighted by molar-refractivity contribution is 7.92. The van der Waals surface area contributed by atoms with Gasteiger partial charge in [-0.15, -0.1) is 11.3 Å². The Morgan fingerprint density at radius 3 is 2.46 bits per heavy atom. The van der Waals surface area contributed by atoms with Crippen LogP contribution in [0.15, 0.2) is 58.8 Å². The third-order valence-electron chi connectivity index (χ3n) is 3.74. The summed E-state index contributed by atoms with van der Waals surface area (Å²) in [5.41, 5.74) is 0.809. The van der Waals surface area contributed by atoms with Gasteiger partial charge in [-0.3, -0.25) is 4.72 Å². The molecule has 0 fully saturated rings. The highest BCUT2D eigenvalue weighted by Crippen LogP contribution is 2.35. The summed E-state index contributed by atoms with van der Waals surface area (Å²) in [5.74, 6) is -1.01. The van der Waals surface area contributed by atoms with Crippen LogP contribution in [0.25, 0.3) is 0 Å². The first-order valence-corrected chi connectivity index (χ1v) is 10.4. The molecule has 0 saturated heterocycles. The van der Waals surface area contributed by atoms with Gasteiger partial charge < -0.3 is 9.47 Å². The number of benzene rings is 2. The van der Waals surface area contributed by atoms with Crippen LogP contribution in [0.5, 0.6) is 11.5 Å². The third-order valence-corrected chi connectivity index (χ3v) is 5.99. The minimum Gasteiger partial charge on any atom is -0.465 e. The number of ether oxygens (including phenoxy) is 2. The zero-order valence-electron chi connectivity index (χ0n) is 14.9. The molecule has 1 N–H and O–H groups in total. The summed E-state index contributed by atoms with van der Waals surface area (Å²) < 4.78 is 51.7. The van der Waals surface area contributed by atoms with Gasteiger partial charge in [0.1, 0.15) is 5.82 Å². The monoisotopic (exact) mass is 421 g/mol. The standard InChI is InChI=1S/C19H16FNO5S2/c1-12-3-6-14(7-4-12)28(23,24)21-15-11-13(20)5-8-16(15)26-17-9-10-27-18(17)19(22)25-2/h3-11,21H,1-2H3. The molecule has 0 amide bonds. The second-order valence-corrected chi connectivity index (χ2v) is 8.37. The van der Waals surface area contributed by atoms with E-state index in [0.717, 1.165) is 29.0 Å². The zero-order chi connectivity index (χ0) is 20.3. The molecule has 3 aromatic rings. The van der Waals surface area contributed by atoms with Crippen LogP contribution in [0.4, 0.5) is 10.1 Å². The first-order valence-electron chi connectivity index (χ1n) is 8.03. The van der Waals surface area contributed by atoms with E-state index in [4.69, 9.17) is 9.47 Å². The van der Waals surface area contributed by atoms with Crippen molar-refractivity contribution >= 4 is 33.0 Å². The van der Waals surface area contributed by atoms with E-state index < -0.39 is 21.8 Å². The molecule has 28 heavy (non-hydrogen) atoms. The van der Waals surface area contributed by atoms with Crippen molar-refractivity contribution in [3.63, 3.8) is 0 Å². The maximum atomic E-state index is 13.8. The minimum atomic E-state index is -3.97. The van der Waals surface area contributed by atoms with E-state index in [0.29, 0.717) is 0 Å². The maximum absolute atomic E-state index is 13.8. The first kappa shape index (κ1) is 19.8. The van der Waals surface area contributed by atoms with Gasteiger partial charge in [-0.25, -0.2) is 17.6 Å². The zero-order valence-corrected chi connectivity index (χ0v) is 16.6. The van der Waals surface area contributed by atoms with E-state index in [2.05, 4.69) is 4.72 Å². The molecular formula is C19H16FNO5S2. The van der Waals surface area contributed by atoms with Gasteiger partial charge in [-0.1, -0.05) is 17.7 Å². The van der Waals surface area contributed by atoms with Crippen molar-refractivity contribution in [1.82, 2.24) is 0 Å². The quantitative estimate of drug-likeness (QED) is 0.590. The Kier molecular flexibility index (Phi) is 5.66. The molecule has 0 atom stereocenters. The fraction of sp³-hybridized carbons (Fsp3) is 0.105. The number of sulfonamides is 1. The SMILES string of the molecule is COC(=O)c1sccc1Oc1ccc(F)cc1NS(=O)(=O)c1ccc(C)cc1. The van der Waals surface area contributed by atoms with E-state index in [1.807, 2.05) is 6.92 Å². The average molecular weight is 421 g/mol. The highest BCUT2D eigenvalue weighted by atomic mass is 32.2. The van der Waals surface area contributed by atoms with Crippen molar-refractivity contribution < 1.29 is 27.1 Å². The van der Waals surface area contributed by atoms with Gasteiger partial charge in [0.25, 0.3) is 10.0 Å². The number of methoxy groups -OCH3 is 1. The summed E-state index contributed by atoms with van der Waals surface area (Å²) in [6.45, 7) is 1.84. The molecule has 9 heteroatoms. The van der Waals surface area contributed by atoms with Crippen molar-refractivity contribution in [3.8, 4) is 11.5 Å². The molecule has 1 heterocycles. The molecule has 0 bridgehead atoms. The molecule has 0 aliphatic heterocycles. The Hall–Kier alpha value is -2.91. The average Bonchev–Trinajstić information content (AvgIpc) is 3.11. The number of rotatable bonds is 6. The van der Waals surface area contributed by atoms with Crippen LogP contribution in [0.3, 0.4) is 0 Å². The van der Waals surface area contributed by atoms with Crippen LogP contribution in [0, 0.1) is 12.7 Å². The number of anilines is 1. The Morgan fingerprint density at radius 1 is 1.07 bits per heavy atom. The van der Waals surface area contributed by atoms with Crippen molar-refractivity contribution in [3.05, 3.63) is 70.2 Å². The number of halogens is 1. The molecule has 2 aromatic carbocycles. The second-order valence-electron chi connectivity index (χ2n) is 5.77. The fourth-order valence-corrected chi connectivity index (χ4v) is 4.12. The number of carbonyl (C=O) groups excluding carboxylic acids is 1. The predicted molar refractivity (Wildman–Crippen MR) is 104 cm³/mol. The van der Waals surface area contributed by atoms with Gasteiger partial charge in [-0.05, 0) is 42.6 Å². The van der Waals surface area contributed by atoms with Gasteiger partial charge in [0, 0.05) is 6.07 Å². The molecule has 0 aliphatic carbocycles. The van der Waals surface area contributed by atoms with Crippen LogP contribution in [-0.4, -0.2) is 21.5 Å². The van der Waals surface area contributed by atoms with E-state index in [9.17, 15) is 17.6 Å². The van der Waals surface area contributed by atoms with E-state index in [1.165, 1.54) is 25.3 Å². The van der Waals surface area contributed by atoms with Crippen molar-refractivity contribution in [2.24, 2.45) is 0 Å². The fourth-order valence-electron chi connectivity index (χ4n) is 2.33. The smallest absolute Gasteiger partial charge is 0.351 e. The number of hydrogen-bond donors (Lipinski definition) is 1. The lowest BCUT2D eigenvalue weighted by Gasteiger charge is -2.14. The van der Waals surface area contributed by atoms with Crippen molar-refractivity contribution in [2.45, 2.75) is 11.8 Å². The topological polar surface area (TPSA) is 81.7 Å². The third kappa shape index (κ3) is 4.32. The van der Waals surface area contributed by atoms with E-state index in [1.54, 1.807) is 23.6 Å². The number of aryl methyl sites for hydroxylation is 1. The van der Waals surface area contributed by atoms with Crippen molar-refractivity contribution in [2.75, 3.05) is 11.8 Å². The Balaban J connectivity index is 1.95. The van der Waals surface area contributed by atoms with Gasteiger partial charge in [0.15, 0.2) is 16.4 Å². The van der Waals surface area contributed by atoms with Gasteiger partial charge in [0.05, 0.1) is 17.7 Å². The maximum Gasteiger partial charge on any atom is 0.351 e. The normalized spacial score (nSPS) is 11.1. The Bertz CT molecular complexity index is 1110. The van der Waals surface area contributed by atoms with Gasteiger partial charge in [-0.2, -0.15) is 0 Å². The largest absolute Gasteiger partial charge is 0.465 e. The number of carbonyl (C=O) groups is 1. The molecule has 0 unspecified atom stereocenters. The molecular weight excluding hydrogens is 405 g/mol. The van der Waals surface area contributed by atoms with Crippen LogP contribution in [0.1, 0.15) is 15.2 Å². The summed E-state index contributed by atoms with van der Waals surface area (Å²) in [5, 5.41) is 1.63.